The van der Waals surface area contributed by atoms with Crippen molar-refractivity contribution in [2.45, 2.75) is 19.3 Å². The molecule has 0 radical (unpaired) electrons. The molecule has 0 amide bonds. The Bertz CT molecular complexity index is 541. The molecule has 0 aliphatic rings. The molecule has 0 spiro atoms. The first-order chi connectivity index (χ1) is 9.24. The Hall–Kier alpha value is -1.75. The van der Waals surface area contributed by atoms with E-state index >= 15 is 0 Å². The highest BCUT2D eigenvalue weighted by Crippen LogP contribution is 2.24. The summed E-state index contributed by atoms with van der Waals surface area (Å²) in [6.07, 6.45) is 1.54. The third kappa shape index (κ3) is 3.38. The van der Waals surface area contributed by atoms with Crippen molar-refractivity contribution in [3.63, 3.8) is 0 Å². The molecule has 2 rings (SSSR count). The molecule has 0 bridgehead atoms. The molecular formula is C13H17ClN4O. The van der Waals surface area contributed by atoms with Gasteiger partial charge in [-0.15, -0.1) is 11.6 Å². The molecule has 102 valence electrons. The van der Waals surface area contributed by atoms with Crippen LogP contribution in [0, 0.1) is 0 Å². The van der Waals surface area contributed by atoms with Crippen molar-refractivity contribution in [3.8, 4) is 5.75 Å². The van der Waals surface area contributed by atoms with E-state index in [9.17, 15) is 0 Å². The molecule has 0 saturated heterocycles. The third-order valence-corrected chi connectivity index (χ3v) is 3.05. The molecule has 1 aromatic heterocycles. The summed E-state index contributed by atoms with van der Waals surface area (Å²) in [6.45, 7) is 3.21. The average Bonchev–Trinajstić information content (AvgIpc) is 2.83. The summed E-state index contributed by atoms with van der Waals surface area (Å²) in [7, 11) is 1.87. The molecule has 0 unspecified atom stereocenters. The largest absolute Gasteiger partial charge is 0.494 e. The SMILES string of the molecule is CCOc1ccc(NCc2ncnn2C)cc1CCl. The number of aromatic nitrogens is 3. The van der Waals surface area contributed by atoms with Gasteiger partial charge in [-0.3, -0.25) is 4.68 Å². The van der Waals surface area contributed by atoms with Gasteiger partial charge in [0.05, 0.1) is 19.0 Å². The van der Waals surface area contributed by atoms with Crippen LogP contribution in [0.4, 0.5) is 5.69 Å². The van der Waals surface area contributed by atoms with E-state index in [0.717, 1.165) is 22.8 Å². The predicted octanol–water partition coefficient (Wildman–Crippen LogP) is 2.56. The fraction of sp³-hybridized carbons (Fsp3) is 0.385. The van der Waals surface area contributed by atoms with E-state index in [0.29, 0.717) is 19.0 Å². The highest BCUT2D eigenvalue weighted by Gasteiger charge is 2.05. The van der Waals surface area contributed by atoms with E-state index in [1.54, 1.807) is 11.0 Å². The Morgan fingerprint density at radius 2 is 2.26 bits per heavy atom. The molecule has 5 nitrogen and oxygen atoms in total. The summed E-state index contributed by atoms with van der Waals surface area (Å²) in [5.41, 5.74) is 1.97. The summed E-state index contributed by atoms with van der Waals surface area (Å²) < 4.78 is 7.25. The van der Waals surface area contributed by atoms with Gasteiger partial charge in [-0.25, -0.2) is 4.98 Å². The Kier molecular flexibility index (Phi) is 4.63. The molecule has 1 aromatic carbocycles. The van der Waals surface area contributed by atoms with Crippen molar-refractivity contribution in [1.82, 2.24) is 14.8 Å². The third-order valence-electron chi connectivity index (χ3n) is 2.76. The van der Waals surface area contributed by atoms with E-state index in [4.69, 9.17) is 16.3 Å². The quantitative estimate of drug-likeness (QED) is 0.826. The summed E-state index contributed by atoms with van der Waals surface area (Å²) in [5, 5.41) is 7.32. The summed E-state index contributed by atoms with van der Waals surface area (Å²) in [4.78, 5) is 4.16. The highest BCUT2D eigenvalue weighted by molar-refractivity contribution is 6.17. The van der Waals surface area contributed by atoms with Crippen molar-refractivity contribution < 1.29 is 4.74 Å². The highest BCUT2D eigenvalue weighted by atomic mass is 35.5. The van der Waals surface area contributed by atoms with Gasteiger partial charge < -0.3 is 10.1 Å². The van der Waals surface area contributed by atoms with E-state index in [2.05, 4.69) is 15.4 Å². The molecule has 0 atom stereocenters. The van der Waals surface area contributed by atoms with Crippen LogP contribution in [-0.2, 0) is 19.5 Å². The fourth-order valence-electron chi connectivity index (χ4n) is 1.75. The van der Waals surface area contributed by atoms with Gasteiger partial charge in [-0.05, 0) is 25.1 Å². The monoisotopic (exact) mass is 280 g/mol. The van der Waals surface area contributed by atoms with E-state index in [1.807, 2.05) is 32.2 Å². The second-order valence-corrected chi connectivity index (χ2v) is 4.31. The van der Waals surface area contributed by atoms with Crippen LogP contribution in [0.15, 0.2) is 24.5 Å². The minimum absolute atomic E-state index is 0.425. The van der Waals surface area contributed by atoms with E-state index in [-0.39, 0.29) is 0 Å². The lowest BCUT2D eigenvalue weighted by Crippen LogP contribution is -2.07. The van der Waals surface area contributed by atoms with Gasteiger partial charge in [0.1, 0.15) is 17.9 Å². The maximum atomic E-state index is 5.93. The van der Waals surface area contributed by atoms with Crippen LogP contribution in [0.3, 0.4) is 0 Å². The second kappa shape index (κ2) is 6.43. The maximum absolute atomic E-state index is 5.93. The minimum Gasteiger partial charge on any atom is -0.494 e. The van der Waals surface area contributed by atoms with Crippen molar-refractivity contribution in [2.24, 2.45) is 7.05 Å². The molecule has 0 aliphatic heterocycles. The van der Waals surface area contributed by atoms with Crippen molar-refractivity contribution in [2.75, 3.05) is 11.9 Å². The molecular weight excluding hydrogens is 264 g/mol. The maximum Gasteiger partial charge on any atom is 0.145 e. The van der Waals surface area contributed by atoms with Gasteiger partial charge in [-0.2, -0.15) is 5.10 Å². The number of nitrogens with zero attached hydrogens (tertiary/aromatic N) is 3. The first kappa shape index (κ1) is 13.7. The molecule has 1 N–H and O–H groups in total. The Morgan fingerprint density at radius 3 is 2.89 bits per heavy atom. The van der Waals surface area contributed by atoms with E-state index in [1.165, 1.54) is 0 Å². The Balaban J connectivity index is 2.07. The summed E-state index contributed by atoms with van der Waals surface area (Å²) >= 11 is 5.93. The standard InChI is InChI=1S/C13H17ClN4O/c1-3-19-12-5-4-11(6-10(12)7-14)15-8-13-16-9-17-18(13)2/h4-6,9,15H,3,7-8H2,1-2H3. The van der Waals surface area contributed by atoms with Gasteiger partial charge in [0.2, 0.25) is 0 Å². The van der Waals surface area contributed by atoms with Gasteiger partial charge in [0.25, 0.3) is 0 Å². The van der Waals surface area contributed by atoms with Crippen LogP contribution >= 0.6 is 11.6 Å². The zero-order chi connectivity index (χ0) is 13.7. The number of rotatable bonds is 6. The summed E-state index contributed by atoms with van der Waals surface area (Å²) in [5.74, 6) is 2.14. The number of nitrogens with one attached hydrogen (secondary N) is 1. The molecule has 0 fully saturated rings. The number of alkyl halides is 1. The van der Waals surface area contributed by atoms with Crippen LogP contribution < -0.4 is 10.1 Å². The molecule has 1 heterocycles. The lowest BCUT2D eigenvalue weighted by molar-refractivity contribution is 0.337. The number of ether oxygens (including phenoxy) is 1. The molecule has 2 aromatic rings. The topological polar surface area (TPSA) is 52.0 Å². The summed E-state index contributed by atoms with van der Waals surface area (Å²) in [6, 6.07) is 5.89. The Morgan fingerprint density at radius 1 is 1.42 bits per heavy atom. The number of aryl methyl sites for hydroxylation is 1. The predicted molar refractivity (Wildman–Crippen MR) is 75.5 cm³/mol. The lowest BCUT2D eigenvalue weighted by atomic mass is 10.2. The van der Waals surface area contributed by atoms with Gasteiger partial charge in [0, 0.05) is 18.3 Å². The molecule has 0 aliphatic carbocycles. The van der Waals surface area contributed by atoms with Gasteiger partial charge >= 0.3 is 0 Å². The number of halogens is 1. The van der Waals surface area contributed by atoms with E-state index < -0.39 is 0 Å². The van der Waals surface area contributed by atoms with Gasteiger partial charge in [-0.1, -0.05) is 0 Å². The number of benzene rings is 1. The van der Waals surface area contributed by atoms with Crippen molar-refractivity contribution in [1.29, 1.82) is 0 Å². The number of hydrogen-bond acceptors (Lipinski definition) is 4. The lowest BCUT2D eigenvalue weighted by Gasteiger charge is -2.11. The zero-order valence-corrected chi connectivity index (χ0v) is 11.8. The normalized spacial score (nSPS) is 10.5. The number of anilines is 1. The van der Waals surface area contributed by atoms with Crippen molar-refractivity contribution >= 4 is 17.3 Å². The van der Waals surface area contributed by atoms with Gasteiger partial charge in [0.15, 0.2) is 0 Å². The first-order valence-corrected chi connectivity index (χ1v) is 6.66. The average molecular weight is 281 g/mol. The molecule has 19 heavy (non-hydrogen) atoms. The first-order valence-electron chi connectivity index (χ1n) is 6.13. The minimum atomic E-state index is 0.425. The van der Waals surface area contributed by atoms with Crippen LogP contribution in [0.1, 0.15) is 18.3 Å². The second-order valence-electron chi connectivity index (χ2n) is 4.04. The zero-order valence-electron chi connectivity index (χ0n) is 11.1. The fourth-order valence-corrected chi connectivity index (χ4v) is 1.96. The molecule has 6 heteroatoms. The molecule has 0 saturated carbocycles. The van der Waals surface area contributed by atoms with Crippen LogP contribution in [0.2, 0.25) is 0 Å². The van der Waals surface area contributed by atoms with Crippen LogP contribution in [-0.4, -0.2) is 21.4 Å². The van der Waals surface area contributed by atoms with Crippen molar-refractivity contribution in [3.05, 3.63) is 35.9 Å². The van der Waals surface area contributed by atoms with Crippen LogP contribution in [0.25, 0.3) is 0 Å². The smallest absolute Gasteiger partial charge is 0.145 e. The van der Waals surface area contributed by atoms with Crippen LogP contribution in [0.5, 0.6) is 5.75 Å². The Labute approximate surface area is 117 Å². The number of hydrogen-bond donors (Lipinski definition) is 1.